The lowest BCUT2D eigenvalue weighted by molar-refractivity contribution is -0.142. The SMILES string of the molecule is CCC(C)[C@H](NC(=O)[C@@H](NCCCS)C(C)C)C(=O)N[C@@H](CCSC)C(=O)O. The molecule has 0 aliphatic rings. The van der Waals surface area contributed by atoms with Gasteiger partial charge in [0.25, 0.3) is 0 Å². The van der Waals surface area contributed by atoms with Crippen LogP contribution in [0.15, 0.2) is 0 Å². The van der Waals surface area contributed by atoms with Crippen molar-refractivity contribution in [3.63, 3.8) is 0 Å². The van der Waals surface area contributed by atoms with Gasteiger partial charge < -0.3 is 21.1 Å². The number of carboxylic acids is 1. The van der Waals surface area contributed by atoms with Crippen LogP contribution in [0.5, 0.6) is 0 Å². The van der Waals surface area contributed by atoms with Gasteiger partial charge in [-0.25, -0.2) is 4.79 Å². The molecule has 4 N–H and O–H groups in total. The van der Waals surface area contributed by atoms with Gasteiger partial charge in [0.05, 0.1) is 6.04 Å². The fraction of sp³-hybridized carbons (Fsp3) is 0.842. The molecule has 0 aromatic rings. The highest BCUT2D eigenvalue weighted by atomic mass is 32.2. The number of carboxylic acid groups (broad SMARTS) is 1. The summed E-state index contributed by atoms with van der Waals surface area (Å²) in [4.78, 5) is 37.0. The standard InChI is InChI=1S/C19H37N3O4S2/c1-6-13(4)16(18(24)21-14(19(25)26)8-11-28-5)22-17(23)15(12(2)3)20-9-7-10-27/h12-16,20,27H,6-11H2,1-5H3,(H,21,24)(H,22,23)(H,25,26)/t13?,14-,15-,16-/m0/s1. The van der Waals surface area contributed by atoms with Crippen molar-refractivity contribution >= 4 is 42.2 Å². The Morgan fingerprint density at radius 3 is 2.14 bits per heavy atom. The summed E-state index contributed by atoms with van der Waals surface area (Å²) >= 11 is 5.70. The molecule has 0 radical (unpaired) electrons. The van der Waals surface area contributed by atoms with Crippen molar-refractivity contribution in [2.45, 2.75) is 65.1 Å². The van der Waals surface area contributed by atoms with E-state index in [2.05, 4.69) is 28.6 Å². The zero-order chi connectivity index (χ0) is 21.7. The fourth-order valence-electron chi connectivity index (χ4n) is 2.67. The predicted octanol–water partition coefficient (Wildman–Crippen LogP) is 1.77. The Balaban J connectivity index is 5.20. The molecule has 2 amide bonds. The topological polar surface area (TPSA) is 108 Å². The van der Waals surface area contributed by atoms with Gasteiger partial charge in [0.1, 0.15) is 12.1 Å². The lowest BCUT2D eigenvalue weighted by atomic mass is 9.96. The summed E-state index contributed by atoms with van der Waals surface area (Å²) < 4.78 is 0. The second-order valence-corrected chi connectivity index (χ2v) is 8.74. The molecule has 0 aliphatic carbocycles. The van der Waals surface area contributed by atoms with Gasteiger partial charge in [0.15, 0.2) is 0 Å². The number of aliphatic carboxylic acids is 1. The van der Waals surface area contributed by atoms with E-state index in [0.29, 0.717) is 25.1 Å². The van der Waals surface area contributed by atoms with Crippen molar-refractivity contribution in [2.75, 3.05) is 24.3 Å². The number of hydrogen-bond donors (Lipinski definition) is 5. The largest absolute Gasteiger partial charge is 0.480 e. The van der Waals surface area contributed by atoms with Crippen LogP contribution >= 0.6 is 24.4 Å². The number of carbonyl (C=O) groups excluding carboxylic acids is 2. The van der Waals surface area contributed by atoms with Crippen LogP contribution < -0.4 is 16.0 Å². The molecular weight excluding hydrogens is 398 g/mol. The molecule has 0 heterocycles. The monoisotopic (exact) mass is 435 g/mol. The van der Waals surface area contributed by atoms with Crippen LogP contribution in [0, 0.1) is 11.8 Å². The van der Waals surface area contributed by atoms with E-state index < -0.39 is 30.0 Å². The van der Waals surface area contributed by atoms with E-state index >= 15 is 0 Å². The molecule has 7 nitrogen and oxygen atoms in total. The second kappa shape index (κ2) is 15.0. The molecule has 9 heteroatoms. The van der Waals surface area contributed by atoms with Gasteiger partial charge in [-0.05, 0) is 49.0 Å². The normalized spacial score (nSPS) is 15.5. The van der Waals surface area contributed by atoms with E-state index in [-0.39, 0.29) is 17.7 Å². The molecule has 0 fully saturated rings. The zero-order valence-electron chi connectivity index (χ0n) is 17.7. The van der Waals surface area contributed by atoms with Gasteiger partial charge in [-0.3, -0.25) is 9.59 Å². The first-order valence-electron chi connectivity index (χ1n) is 9.86. The molecule has 0 aromatic heterocycles. The lowest BCUT2D eigenvalue weighted by Gasteiger charge is -2.29. The van der Waals surface area contributed by atoms with Crippen molar-refractivity contribution < 1.29 is 19.5 Å². The van der Waals surface area contributed by atoms with E-state index in [4.69, 9.17) is 0 Å². The molecule has 28 heavy (non-hydrogen) atoms. The third kappa shape index (κ3) is 10.0. The fourth-order valence-corrected chi connectivity index (χ4v) is 3.30. The minimum absolute atomic E-state index is 0.0499. The zero-order valence-corrected chi connectivity index (χ0v) is 19.4. The minimum Gasteiger partial charge on any atom is -0.480 e. The molecule has 0 saturated carbocycles. The average molecular weight is 436 g/mol. The van der Waals surface area contributed by atoms with Gasteiger partial charge >= 0.3 is 5.97 Å². The van der Waals surface area contributed by atoms with Crippen molar-refractivity contribution in [2.24, 2.45) is 11.8 Å². The van der Waals surface area contributed by atoms with Crippen LogP contribution in [-0.4, -0.2) is 65.3 Å². The van der Waals surface area contributed by atoms with Gasteiger partial charge in [-0.1, -0.05) is 34.1 Å². The molecule has 0 aromatic carbocycles. The summed E-state index contributed by atoms with van der Waals surface area (Å²) in [6.07, 6.45) is 3.74. The first-order chi connectivity index (χ1) is 13.2. The first kappa shape index (κ1) is 27.1. The second-order valence-electron chi connectivity index (χ2n) is 7.31. The lowest BCUT2D eigenvalue weighted by Crippen LogP contribution is -2.58. The third-order valence-electron chi connectivity index (χ3n) is 4.67. The van der Waals surface area contributed by atoms with E-state index in [9.17, 15) is 19.5 Å². The highest BCUT2D eigenvalue weighted by molar-refractivity contribution is 7.98. The van der Waals surface area contributed by atoms with Crippen molar-refractivity contribution in [1.82, 2.24) is 16.0 Å². The molecule has 1 unspecified atom stereocenters. The molecule has 0 bridgehead atoms. The predicted molar refractivity (Wildman–Crippen MR) is 119 cm³/mol. The van der Waals surface area contributed by atoms with Gasteiger partial charge in [-0.15, -0.1) is 0 Å². The maximum atomic E-state index is 12.8. The summed E-state index contributed by atoms with van der Waals surface area (Å²) in [6, 6.07) is -2.16. The van der Waals surface area contributed by atoms with E-state index in [1.165, 1.54) is 11.8 Å². The summed E-state index contributed by atoms with van der Waals surface area (Å²) in [5.41, 5.74) is 0. The van der Waals surface area contributed by atoms with Crippen LogP contribution in [0.25, 0.3) is 0 Å². The van der Waals surface area contributed by atoms with E-state index in [1.807, 2.05) is 34.0 Å². The average Bonchev–Trinajstić information content (AvgIpc) is 2.64. The quantitative estimate of drug-likeness (QED) is 0.198. The number of hydrogen-bond acceptors (Lipinski definition) is 6. The summed E-state index contributed by atoms with van der Waals surface area (Å²) in [7, 11) is 0. The minimum atomic E-state index is -1.06. The van der Waals surface area contributed by atoms with Crippen molar-refractivity contribution in [3.05, 3.63) is 0 Å². The number of thiol groups is 1. The molecule has 0 saturated heterocycles. The number of thioether (sulfide) groups is 1. The van der Waals surface area contributed by atoms with Crippen LogP contribution in [0.2, 0.25) is 0 Å². The van der Waals surface area contributed by atoms with Gasteiger partial charge in [0, 0.05) is 0 Å². The Kier molecular flexibility index (Phi) is 14.5. The number of rotatable bonds is 15. The Hall–Kier alpha value is -0.930. The molecule has 164 valence electrons. The summed E-state index contributed by atoms with van der Waals surface area (Å²) in [5.74, 6) is -0.477. The maximum Gasteiger partial charge on any atom is 0.326 e. The van der Waals surface area contributed by atoms with Crippen molar-refractivity contribution in [1.29, 1.82) is 0 Å². The molecule has 0 spiro atoms. The highest BCUT2D eigenvalue weighted by Gasteiger charge is 2.32. The van der Waals surface area contributed by atoms with Gasteiger partial charge in [-0.2, -0.15) is 24.4 Å². The van der Waals surface area contributed by atoms with Crippen LogP contribution in [0.4, 0.5) is 0 Å². The Bertz CT molecular complexity index is 492. The van der Waals surface area contributed by atoms with Crippen LogP contribution in [0.3, 0.4) is 0 Å². The van der Waals surface area contributed by atoms with Gasteiger partial charge in [0.2, 0.25) is 11.8 Å². The van der Waals surface area contributed by atoms with E-state index in [1.54, 1.807) is 0 Å². The maximum absolute atomic E-state index is 12.8. The molecule has 0 aliphatic heterocycles. The first-order valence-corrected chi connectivity index (χ1v) is 11.9. The number of carbonyl (C=O) groups is 3. The van der Waals surface area contributed by atoms with Crippen LogP contribution in [0.1, 0.15) is 47.0 Å². The smallest absolute Gasteiger partial charge is 0.326 e. The Morgan fingerprint density at radius 1 is 1.07 bits per heavy atom. The Labute approximate surface area is 179 Å². The summed E-state index contributed by atoms with van der Waals surface area (Å²) in [6.45, 7) is 8.36. The number of amides is 2. The Morgan fingerprint density at radius 2 is 1.68 bits per heavy atom. The van der Waals surface area contributed by atoms with Crippen molar-refractivity contribution in [3.8, 4) is 0 Å². The molecular formula is C19H37N3O4S2. The highest BCUT2D eigenvalue weighted by Crippen LogP contribution is 2.11. The molecule has 4 atom stereocenters. The van der Waals surface area contributed by atoms with E-state index in [0.717, 1.165) is 12.2 Å². The number of nitrogens with one attached hydrogen (secondary N) is 3. The van der Waals surface area contributed by atoms with Crippen LogP contribution in [-0.2, 0) is 14.4 Å². The molecule has 0 rings (SSSR count). The summed E-state index contributed by atoms with van der Waals surface area (Å²) in [5, 5.41) is 18.0. The third-order valence-corrected chi connectivity index (χ3v) is 5.63.